The molecule has 1 amide bonds. The smallest absolute Gasteiger partial charge is 0.438 e. The molecule has 0 fully saturated rings. The predicted molar refractivity (Wildman–Crippen MR) is 77.1 cm³/mol. The lowest BCUT2D eigenvalue weighted by atomic mass is 10.1. The summed E-state index contributed by atoms with van der Waals surface area (Å²) in [7, 11) is 0. The molecule has 0 saturated heterocycles. The van der Waals surface area contributed by atoms with Gasteiger partial charge in [0, 0.05) is 17.7 Å². The average Bonchev–Trinajstić information content (AvgIpc) is 2.74. The van der Waals surface area contributed by atoms with E-state index in [9.17, 15) is 23.1 Å². The first-order valence-corrected chi connectivity index (χ1v) is 6.99. The fraction of sp³-hybridized carbons (Fsp3) is 0.467. The second-order valence-electron chi connectivity index (χ2n) is 5.63. The summed E-state index contributed by atoms with van der Waals surface area (Å²) < 4.78 is 44.7. The molecule has 1 aliphatic rings. The molecular weight excluding hydrogens is 313 g/mol. The molecule has 1 aliphatic heterocycles. The summed E-state index contributed by atoms with van der Waals surface area (Å²) in [6.07, 6.45) is -5.85. The van der Waals surface area contributed by atoms with Gasteiger partial charge in [-0.1, -0.05) is 0 Å². The zero-order chi connectivity index (χ0) is 17.4. The third-order valence-electron chi connectivity index (χ3n) is 3.24. The van der Waals surface area contributed by atoms with Crippen LogP contribution in [0.2, 0.25) is 0 Å². The van der Waals surface area contributed by atoms with Crippen LogP contribution in [-0.2, 0) is 0 Å². The van der Waals surface area contributed by atoms with Crippen LogP contribution < -0.4 is 4.74 Å². The van der Waals surface area contributed by atoms with Crippen molar-refractivity contribution in [1.29, 1.82) is 0 Å². The minimum atomic E-state index is -5.01. The average molecular weight is 330 g/mol. The summed E-state index contributed by atoms with van der Waals surface area (Å²) in [6, 6.07) is 5.62. The number of ether oxygens (including phenoxy) is 1. The highest BCUT2D eigenvalue weighted by atomic mass is 19.4. The van der Waals surface area contributed by atoms with Gasteiger partial charge in [-0.3, -0.25) is 4.79 Å². The molecule has 0 saturated carbocycles. The Hall–Kier alpha value is -2.09. The SMILES string of the molecule is CC1=NN(C(=O)c2ccc(OC(C)C)cc2)C(O)(C(F)(F)F)C1. The molecule has 0 aliphatic carbocycles. The lowest BCUT2D eigenvalue weighted by Crippen LogP contribution is -2.56. The van der Waals surface area contributed by atoms with Crippen LogP contribution in [-0.4, -0.2) is 39.7 Å². The Labute approximate surface area is 131 Å². The van der Waals surface area contributed by atoms with Crippen LogP contribution in [0.4, 0.5) is 13.2 Å². The molecule has 23 heavy (non-hydrogen) atoms. The number of hydrogen-bond acceptors (Lipinski definition) is 4. The quantitative estimate of drug-likeness (QED) is 0.927. The Balaban J connectivity index is 2.28. The van der Waals surface area contributed by atoms with Crippen LogP contribution in [0.5, 0.6) is 5.75 Å². The molecule has 1 N–H and O–H groups in total. The van der Waals surface area contributed by atoms with Crippen molar-refractivity contribution in [3.63, 3.8) is 0 Å². The van der Waals surface area contributed by atoms with Crippen LogP contribution in [0.25, 0.3) is 0 Å². The van der Waals surface area contributed by atoms with Crippen molar-refractivity contribution in [3.8, 4) is 5.75 Å². The summed E-state index contributed by atoms with van der Waals surface area (Å²) >= 11 is 0. The number of nitrogens with zero attached hydrogens (tertiary/aromatic N) is 2. The number of carbonyl (C=O) groups excluding carboxylic acids is 1. The molecular formula is C15H17F3N2O3. The molecule has 0 aromatic heterocycles. The van der Waals surface area contributed by atoms with Crippen molar-refractivity contribution in [2.24, 2.45) is 5.10 Å². The first-order valence-electron chi connectivity index (χ1n) is 6.99. The highest BCUT2D eigenvalue weighted by Crippen LogP contribution is 2.40. The lowest BCUT2D eigenvalue weighted by Gasteiger charge is -2.32. The number of halogens is 3. The maximum absolute atomic E-state index is 13.1. The van der Waals surface area contributed by atoms with E-state index in [1.54, 1.807) is 0 Å². The zero-order valence-electron chi connectivity index (χ0n) is 12.9. The van der Waals surface area contributed by atoms with Gasteiger partial charge in [-0.2, -0.15) is 23.3 Å². The first kappa shape index (κ1) is 17.3. The van der Waals surface area contributed by atoms with Gasteiger partial charge in [0.05, 0.1) is 6.10 Å². The van der Waals surface area contributed by atoms with Crippen LogP contribution in [0.15, 0.2) is 29.4 Å². The van der Waals surface area contributed by atoms with Crippen LogP contribution in [0.1, 0.15) is 37.6 Å². The van der Waals surface area contributed by atoms with Crippen molar-refractivity contribution in [1.82, 2.24) is 5.01 Å². The maximum Gasteiger partial charge on any atom is 0.438 e. The summed E-state index contributed by atoms with van der Waals surface area (Å²) in [6.45, 7) is 4.97. The number of benzene rings is 1. The molecule has 5 nitrogen and oxygen atoms in total. The fourth-order valence-electron chi connectivity index (χ4n) is 2.22. The Kier molecular flexibility index (Phi) is 4.39. The summed E-state index contributed by atoms with van der Waals surface area (Å²) in [4.78, 5) is 12.3. The summed E-state index contributed by atoms with van der Waals surface area (Å²) in [5.74, 6) is -0.540. The molecule has 0 spiro atoms. The molecule has 1 heterocycles. The van der Waals surface area contributed by atoms with E-state index in [-0.39, 0.29) is 22.4 Å². The van der Waals surface area contributed by atoms with Crippen LogP contribution in [0, 0.1) is 0 Å². The Morgan fingerprint density at radius 2 is 1.91 bits per heavy atom. The molecule has 1 aromatic rings. The monoisotopic (exact) mass is 330 g/mol. The minimum absolute atomic E-state index is 0.0257. The van der Waals surface area contributed by atoms with Crippen molar-refractivity contribution in [2.45, 2.75) is 45.2 Å². The number of hydrazone groups is 1. The van der Waals surface area contributed by atoms with Crippen molar-refractivity contribution in [2.75, 3.05) is 0 Å². The van der Waals surface area contributed by atoms with Crippen molar-refractivity contribution >= 4 is 11.6 Å². The topological polar surface area (TPSA) is 62.1 Å². The maximum atomic E-state index is 13.1. The fourth-order valence-corrected chi connectivity index (χ4v) is 2.22. The largest absolute Gasteiger partial charge is 0.491 e. The van der Waals surface area contributed by atoms with Crippen LogP contribution >= 0.6 is 0 Å². The van der Waals surface area contributed by atoms with Gasteiger partial charge in [0.1, 0.15) is 5.75 Å². The van der Waals surface area contributed by atoms with E-state index in [0.717, 1.165) is 0 Å². The number of amides is 1. The Morgan fingerprint density at radius 3 is 2.39 bits per heavy atom. The van der Waals surface area contributed by atoms with E-state index in [1.165, 1.54) is 31.2 Å². The van der Waals surface area contributed by atoms with E-state index in [2.05, 4.69) is 5.10 Å². The molecule has 0 radical (unpaired) electrons. The normalized spacial score (nSPS) is 21.6. The van der Waals surface area contributed by atoms with Crippen molar-refractivity contribution in [3.05, 3.63) is 29.8 Å². The standard InChI is InChI=1S/C15H17F3N2O3/c1-9(2)23-12-6-4-11(5-7-12)13(21)20-14(22,15(16,17)18)8-10(3)19-20/h4-7,9,22H,8H2,1-3H3. The molecule has 8 heteroatoms. The van der Waals surface area contributed by atoms with Crippen LogP contribution in [0.3, 0.4) is 0 Å². The van der Waals surface area contributed by atoms with E-state index in [1.807, 2.05) is 13.8 Å². The highest BCUT2D eigenvalue weighted by Gasteiger charge is 2.62. The molecule has 1 unspecified atom stereocenters. The van der Waals surface area contributed by atoms with Gasteiger partial charge in [-0.25, -0.2) is 0 Å². The molecule has 1 aromatic carbocycles. The Morgan fingerprint density at radius 1 is 1.35 bits per heavy atom. The summed E-state index contributed by atoms with van der Waals surface area (Å²) in [5.41, 5.74) is -3.32. The molecule has 0 bridgehead atoms. The third kappa shape index (κ3) is 3.31. The Bertz CT molecular complexity index is 626. The van der Waals surface area contributed by atoms with Gasteiger partial charge in [-0.15, -0.1) is 0 Å². The van der Waals surface area contributed by atoms with E-state index in [4.69, 9.17) is 4.74 Å². The van der Waals surface area contributed by atoms with E-state index < -0.39 is 24.2 Å². The lowest BCUT2D eigenvalue weighted by molar-refractivity contribution is -0.297. The predicted octanol–water partition coefficient (Wildman–Crippen LogP) is 2.95. The van der Waals surface area contributed by atoms with Gasteiger partial charge in [0.2, 0.25) is 0 Å². The van der Waals surface area contributed by atoms with Gasteiger partial charge in [0.15, 0.2) is 0 Å². The number of alkyl halides is 3. The van der Waals surface area contributed by atoms with Gasteiger partial charge in [0.25, 0.3) is 11.6 Å². The minimum Gasteiger partial charge on any atom is -0.491 e. The second kappa shape index (κ2) is 5.84. The van der Waals surface area contributed by atoms with E-state index in [0.29, 0.717) is 5.75 Å². The molecule has 1 atom stereocenters. The van der Waals surface area contributed by atoms with Gasteiger partial charge < -0.3 is 9.84 Å². The number of rotatable bonds is 3. The highest BCUT2D eigenvalue weighted by molar-refractivity contribution is 5.97. The summed E-state index contributed by atoms with van der Waals surface area (Å²) in [5, 5.41) is 13.6. The number of aliphatic hydroxyl groups is 1. The van der Waals surface area contributed by atoms with Gasteiger partial charge in [-0.05, 0) is 45.0 Å². The third-order valence-corrected chi connectivity index (χ3v) is 3.24. The molecule has 126 valence electrons. The number of hydrogen-bond donors (Lipinski definition) is 1. The first-order chi connectivity index (χ1) is 10.5. The van der Waals surface area contributed by atoms with E-state index >= 15 is 0 Å². The van der Waals surface area contributed by atoms with Crippen molar-refractivity contribution < 1.29 is 27.8 Å². The number of carbonyl (C=O) groups is 1. The molecule has 2 rings (SSSR count). The second-order valence-corrected chi connectivity index (χ2v) is 5.63. The van der Waals surface area contributed by atoms with Gasteiger partial charge >= 0.3 is 6.18 Å². The zero-order valence-corrected chi connectivity index (χ0v) is 12.9.